The van der Waals surface area contributed by atoms with Crippen LogP contribution in [0.25, 0.3) is 22.3 Å². The van der Waals surface area contributed by atoms with Gasteiger partial charge in [-0.3, -0.25) is 38.8 Å². The van der Waals surface area contributed by atoms with Crippen molar-refractivity contribution in [2.24, 2.45) is 0 Å². The molecule has 2 aliphatic heterocycles. The second-order valence-electron chi connectivity index (χ2n) is 19.0. The number of ether oxygens (including phenoxy) is 1. The predicted octanol–water partition coefficient (Wildman–Crippen LogP) is 10.1. The molecule has 2 fully saturated rings. The quantitative estimate of drug-likeness (QED) is 0.0272. The zero-order chi connectivity index (χ0) is 63.1. The van der Waals surface area contributed by atoms with Crippen LogP contribution in [0.4, 0.5) is 26.3 Å². The summed E-state index contributed by atoms with van der Waals surface area (Å²) in [4.78, 5) is 93.2. The molecule has 2 saturated heterocycles. The Morgan fingerprint density at radius 2 is 0.843 bits per heavy atom. The number of benzene rings is 7. The van der Waals surface area contributed by atoms with Gasteiger partial charge in [0.15, 0.2) is 0 Å². The van der Waals surface area contributed by atoms with Crippen LogP contribution in [0, 0.1) is 0 Å². The summed E-state index contributed by atoms with van der Waals surface area (Å²) in [5.74, 6) is -2.20. The minimum Gasteiger partial charge on any atom is -0.507 e. The number of phenolic OH excluding ortho intramolecular Hbond substituents is 1. The molecule has 0 saturated carbocycles. The van der Waals surface area contributed by atoms with Crippen molar-refractivity contribution in [2.75, 3.05) is 72.6 Å². The molecule has 0 atom stereocenters. The number of carbonyl (C=O) groups is 7. The average molecular weight is 1240 g/mol. The third-order valence-electron chi connectivity index (χ3n) is 13.5. The Bertz CT molecular complexity index is 3450. The lowest BCUT2D eigenvalue weighted by Crippen LogP contribution is -2.52. The molecule has 7 aromatic carbocycles. The van der Waals surface area contributed by atoms with Gasteiger partial charge in [-0.25, -0.2) is 4.89 Å². The lowest BCUT2D eigenvalue weighted by Gasteiger charge is -2.35. The van der Waals surface area contributed by atoms with E-state index in [4.69, 9.17) is 19.9 Å². The van der Waals surface area contributed by atoms with E-state index in [9.17, 15) is 60.2 Å². The lowest BCUT2D eigenvalue weighted by atomic mass is 10.0. The SMILES string of the molecule is C.COO.N.O=C(NCC(=O)N1CCN(C(=O)c2ccccc2C(F)(F)F)CC1)c1ccc(-c2ccccc2O)cc1.O=C(NCC(=O)N1CCN(C(=O)c2ccccc2C(F)(F)F)CC1)c1ccc(-c2ccccc2OCc2ccccc2)cc1.O=CO. The van der Waals surface area contributed by atoms with E-state index in [0.29, 0.717) is 29.0 Å². The van der Waals surface area contributed by atoms with E-state index in [1.54, 1.807) is 60.7 Å². The lowest BCUT2D eigenvalue weighted by molar-refractivity contribution is -0.214. The highest BCUT2D eigenvalue weighted by molar-refractivity contribution is 5.99. The molecule has 0 aromatic heterocycles. The number of aromatic hydroxyl groups is 1. The van der Waals surface area contributed by atoms with Gasteiger partial charge in [0.1, 0.15) is 18.1 Å². The summed E-state index contributed by atoms with van der Waals surface area (Å²) in [6, 6.07) is 47.1. The number of para-hydroxylation sites is 2. The molecule has 472 valence electrons. The molecule has 0 aliphatic carbocycles. The molecule has 7 aromatic rings. The van der Waals surface area contributed by atoms with Gasteiger partial charge in [0, 0.05) is 74.6 Å². The minimum absolute atomic E-state index is 0. The Hall–Kier alpha value is -10.1. The third kappa shape index (κ3) is 20.2. The van der Waals surface area contributed by atoms with Crippen LogP contribution in [0.5, 0.6) is 11.5 Å². The second-order valence-corrected chi connectivity index (χ2v) is 19.0. The summed E-state index contributed by atoms with van der Waals surface area (Å²) < 4.78 is 85.9. The summed E-state index contributed by atoms with van der Waals surface area (Å²) in [6.45, 7) is 0.580. The summed E-state index contributed by atoms with van der Waals surface area (Å²) in [7, 11) is 1.18. The van der Waals surface area contributed by atoms with Crippen LogP contribution in [-0.2, 0) is 38.2 Å². The van der Waals surface area contributed by atoms with Gasteiger partial charge in [-0.1, -0.05) is 123 Å². The van der Waals surface area contributed by atoms with Gasteiger partial charge in [-0.05, 0) is 77.4 Å². The van der Waals surface area contributed by atoms with Gasteiger partial charge in [0.25, 0.3) is 30.1 Å². The number of halogens is 6. The molecular formula is C64H67F6N7O12. The van der Waals surface area contributed by atoms with Crippen LogP contribution in [-0.4, -0.2) is 150 Å². The van der Waals surface area contributed by atoms with Gasteiger partial charge in [-0.2, -0.15) is 26.3 Å². The number of nitrogens with one attached hydrogen (secondary N) is 2. The third-order valence-corrected chi connectivity index (χ3v) is 13.5. The fourth-order valence-corrected chi connectivity index (χ4v) is 9.12. The number of rotatable bonds is 13. The van der Waals surface area contributed by atoms with E-state index >= 15 is 0 Å². The summed E-state index contributed by atoms with van der Waals surface area (Å²) in [6.07, 6.45) is -9.30. The molecule has 0 bridgehead atoms. The van der Waals surface area contributed by atoms with E-state index < -0.39 is 58.2 Å². The van der Waals surface area contributed by atoms with Crippen molar-refractivity contribution >= 4 is 41.9 Å². The fourth-order valence-electron chi connectivity index (χ4n) is 9.12. The van der Waals surface area contributed by atoms with Crippen molar-refractivity contribution in [3.05, 3.63) is 215 Å². The highest BCUT2D eigenvalue weighted by Gasteiger charge is 2.38. The first-order valence-electron chi connectivity index (χ1n) is 26.7. The van der Waals surface area contributed by atoms with E-state index in [2.05, 4.69) is 15.5 Å². The predicted molar refractivity (Wildman–Crippen MR) is 319 cm³/mol. The zero-order valence-corrected chi connectivity index (χ0v) is 47.4. The van der Waals surface area contributed by atoms with E-state index in [1.165, 1.54) is 51.0 Å². The number of carboxylic acid groups (broad SMARTS) is 1. The number of carbonyl (C=O) groups excluding carboxylic acids is 6. The van der Waals surface area contributed by atoms with Crippen LogP contribution in [0.1, 0.15) is 65.5 Å². The first-order chi connectivity index (χ1) is 41.7. The number of amides is 6. The molecular weight excluding hydrogens is 1170 g/mol. The van der Waals surface area contributed by atoms with Crippen molar-refractivity contribution in [1.29, 1.82) is 0 Å². The molecule has 25 heteroatoms. The van der Waals surface area contributed by atoms with Crippen molar-refractivity contribution in [1.82, 2.24) is 36.4 Å². The Kier molecular flexibility index (Phi) is 27.5. The highest BCUT2D eigenvalue weighted by atomic mass is 19.4. The molecule has 19 nitrogen and oxygen atoms in total. The Morgan fingerprint density at radius 1 is 0.506 bits per heavy atom. The van der Waals surface area contributed by atoms with Gasteiger partial charge < -0.3 is 51.3 Å². The molecule has 89 heavy (non-hydrogen) atoms. The number of nitrogens with zero attached hydrogens (tertiary/aromatic N) is 4. The number of alkyl halides is 6. The summed E-state index contributed by atoms with van der Waals surface area (Å²) in [5.41, 5.74) is 2.06. The maximum absolute atomic E-state index is 13.3. The number of phenols is 1. The van der Waals surface area contributed by atoms with Gasteiger partial charge in [-0.15, -0.1) is 0 Å². The van der Waals surface area contributed by atoms with Crippen LogP contribution in [0.3, 0.4) is 0 Å². The van der Waals surface area contributed by atoms with Gasteiger partial charge in [0.05, 0.1) is 42.5 Å². The van der Waals surface area contributed by atoms with Crippen molar-refractivity contribution < 1.29 is 85.0 Å². The molecule has 0 unspecified atom stereocenters. The monoisotopic (exact) mass is 1240 g/mol. The highest BCUT2D eigenvalue weighted by Crippen LogP contribution is 2.35. The van der Waals surface area contributed by atoms with Gasteiger partial charge >= 0.3 is 12.4 Å². The Morgan fingerprint density at radius 3 is 1.25 bits per heavy atom. The van der Waals surface area contributed by atoms with Crippen LogP contribution in [0.15, 0.2) is 176 Å². The number of hydrogen-bond acceptors (Lipinski definition) is 12. The minimum atomic E-state index is -4.65. The molecule has 8 N–H and O–H groups in total. The Labute approximate surface area is 509 Å². The summed E-state index contributed by atoms with van der Waals surface area (Å²) >= 11 is 0. The van der Waals surface area contributed by atoms with Crippen molar-refractivity contribution in [3.63, 3.8) is 0 Å². The maximum Gasteiger partial charge on any atom is 0.417 e. The van der Waals surface area contributed by atoms with Crippen LogP contribution >= 0.6 is 0 Å². The molecule has 2 aliphatic rings. The molecule has 6 amide bonds. The average Bonchev–Trinajstić information content (AvgIpc) is 3.63. The largest absolute Gasteiger partial charge is 0.507 e. The van der Waals surface area contributed by atoms with Crippen LogP contribution in [0.2, 0.25) is 0 Å². The standard InChI is InChI=1S/C34H30F3N3O4.C27H24F3N3O4.CH4O2.CH2O2.CH4.H3N/c35-34(36,37)29-12-6-4-11-28(29)33(43)40-20-18-39(19-21-40)31(41)22-38-32(42)26-16-14-25(15-17-26)27-10-5-7-13-30(27)44-23-24-8-2-1-3-9-24;28-27(29,30)22-7-3-1-6-21(22)26(37)33-15-13-32(14-16-33)24(35)17-31-25(36)19-11-9-18(10-12-19)20-5-2-4-8-23(20)34;1-3-2;2-1-3;;/h1-17H,18-23H2,(H,38,42);1-12,34H,13-17H2,(H,31,36);2H,1H3;1H,(H,2,3);1H4;1H3. The molecule has 0 radical (unpaired) electrons. The van der Waals surface area contributed by atoms with Crippen molar-refractivity contribution in [2.45, 2.75) is 26.4 Å². The topological polar surface area (TPSA) is 271 Å². The smallest absolute Gasteiger partial charge is 0.417 e. The second kappa shape index (κ2) is 34.3. The van der Waals surface area contributed by atoms with Gasteiger partial charge in [0.2, 0.25) is 11.8 Å². The van der Waals surface area contributed by atoms with E-state index in [0.717, 1.165) is 46.5 Å². The zero-order valence-electron chi connectivity index (χ0n) is 47.4. The Balaban J connectivity index is 0.000000346. The van der Waals surface area contributed by atoms with Crippen LogP contribution < -0.4 is 21.5 Å². The summed E-state index contributed by atoms with van der Waals surface area (Å²) in [5, 5.41) is 29.1. The van der Waals surface area contributed by atoms with E-state index in [1.807, 2.05) is 66.7 Å². The number of hydrogen-bond donors (Lipinski definition) is 6. The molecule has 0 spiro atoms. The fraction of sp³-hybridized carbons (Fsp3) is 0.234. The first kappa shape index (κ1) is 71.4. The first-order valence-corrected chi connectivity index (χ1v) is 26.7. The maximum atomic E-state index is 13.3. The van der Waals surface area contributed by atoms with Crippen molar-refractivity contribution in [3.8, 4) is 33.8 Å². The number of piperazine rings is 2. The molecule has 2 heterocycles. The van der Waals surface area contributed by atoms with E-state index in [-0.39, 0.29) is 103 Å². The normalized spacial score (nSPS) is 12.7. The molecule has 9 rings (SSSR count).